The highest BCUT2D eigenvalue weighted by Crippen LogP contribution is 2.40. The number of hydrogen-bond donors (Lipinski definition) is 1. The highest BCUT2D eigenvalue weighted by molar-refractivity contribution is 5.80. The maximum Gasteiger partial charge on any atom is 0.362 e. The van der Waals surface area contributed by atoms with Crippen molar-refractivity contribution in [3.8, 4) is 11.5 Å². The molecule has 0 aromatic heterocycles. The number of phenolic OH excluding ortho intramolecular Hbond substituents is 1. The van der Waals surface area contributed by atoms with Crippen LogP contribution < -0.4 is 4.74 Å². The van der Waals surface area contributed by atoms with Gasteiger partial charge in [0.25, 0.3) is 0 Å². The van der Waals surface area contributed by atoms with Gasteiger partial charge >= 0.3 is 12.1 Å². The fraction of sp³-hybridized carbons (Fsp3) is 0.579. The average Bonchev–Trinajstić information content (AvgIpc) is 2.72. The summed E-state index contributed by atoms with van der Waals surface area (Å²) in [6.07, 6.45) is 5.52. The number of piperidine rings is 2. The number of hydrogen-bond acceptors (Lipinski definition) is 4. The zero-order valence-electron chi connectivity index (χ0n) is 15.6. The molecule has 3 rings (SSSR count). The zero-order valence-corrected chi connectivity index (χ0v) is 15.6. The van der Waals surface area contributed by atoms with E-state index in [-0.39, 0.29) is 11.8 Å². The maximum absolute atomic E-state index is 12.6. The van der Waals surface area contributed by atoms with Crippen LogP contribution in [-0.2, 0) is 0 Å². The number of aromatic hydroxyl groups is 1. The maximum atomic E-state index is 12.6. The minimum Gasteiger partial charge on any atom is -0.504 e. The number of carbonyl (C=O) groups is 2. The predicted octanol–water partition coefficient (Wildman–Crippen LogP) is 4.11. The van der Waals surface area contributed by atoms with Gasteiger partial charge in [0.1, 0.15) is 0 Å². The van der Waals surface area contributed by atoms with Crippen LogP contribution in [0.15, 0.2) is 28.4 Å². The van der Waals surface area contributed by atoms with Gasteiger partial charge in [0, 0.05) is 25.2 Å². The van der Waals surface area contributed by atoms with Gasteiger partial charge in [0.05, 0.1) is 13.2 Å². The number of para-hydroxylation sites is 1. The lowest BCUT2D eigenvalue weighted by molar-refractivity contribution is 0.156. The molecule has 1 atom stereocenters. The van der Waals surface area contributed by atoms with Crippen molar-refractivity contribution < 1.29 is 19.4 Å². The van der Waals surface area contributed by atoms with Crippen molar-refractivity contribution in [2.75, 3.05) is 26.7 Å². The molecular formula is C19H26N4O4. The molecule has 146 valence electrons. The van der Waals surface area contributed by atoms with Gasteiger partial charge in [-0.25, -0.2) is 9.59 Å². The number of likely N-dealkylation sites (tertiary alicyclic amines) is 2. The molecule has 8 heteroatoms. The summed E-state index contributed by atoms with van der Waals surface area (Å²) in [5, 5.41) is 17.8. The molecule has 0 spiro atoms. The Bertz CT molecular complexity index is 716. The topological polar surface area (TPSA) is 94.8 Å². The number of urea groups is 2. The first kappa shape index (κ1) is 19.1. The van der Waals surface area contributed by atoms with Crippen LogP contribution in [0.25, 0.3) is 0 Å². The molecule has 4 amide bonds. The molecule has 0 bridgehead atoms. The quantitative estimate of drug-likeness (QED) is 0.788. The molecule has 8 nitrogen and oxygen atoms in total. The molecule has 2 heterocycles. The van der Waals surface area contributed by atoms with Crippen LogP contribution in [0.2, 0.25) is 0 Å². The Morgan fingerprint density at radius 1 is 1.04 bits per heavy atom. The number of azo groups is 1. The number of benzene rings is 1. The lowest BCUT2D eigenvalue weighted by atomic mass is 9.94. The molecule has 2 fully saturated rings. The molecule has 0 saturated carbocycles. The third kappa shape index (κ3) is 4.37. The highest BCUT2D eigenvalue weighted by atomic mass is 16.5. The second kappa shape index (κ2) is 8.83. The summed E-state index contributed by atoms with van der Waals surface area (Å²) in [7, 11) is 1.49. The number of rotatable bonds is 2. The fourth-order valence-corrected chi connectivity index (χ4v) is 3.75. The van der Waals surface area contributed by atoms with Crippen molar-refractivity contribution in [3.63, 3.8) is 0 Å². The van der Waals surface area contributed by atoms with E-state index < -0.39 is 12.1 Å². The molecule has 2 saturated heterocycles. The van der Waals surface area contributed by atoms with E-state index in [0.717, 1.165) is 32.1 Å². The Morgan fingerprint density at radius 3 is 2.48 bits per heavy atom. The zero-order chi connectivity index (χ0) is 19.2. The molecule has 27 heavy (non-hydrogen) atoms. The second-order valence-electron chi connectivity index (χ2n) is 6.92. The lowest BCUT2D eigenvalue weighted by Gasteiger charge is -2.34. The summed E-state index contributed by atoms with van der Waals surface area (Å²) >= 11 is 0. The largest absolute Gasteiger partial charge is 0.504 e. The Labute approximate surface area is 158 Å². The highest BCUT2D eigenvalue weighted by Gasteiger charge is 2.31. The van der Waals surface area contributed by atoms with Gasteiger partial charge in [-0.05, 0) is 44.6 Å². The number of carbonyl (C=O) groups excluding carboxylic acids is 2. The normalized spacial score (nSPS) is 20.7. The summed E-state index contributed by atoms with van der Waals surface area (Å²) in [6.45, 7) is 1.84. The summed E-state index contributed by atoms with van der Waals surface area (Å²) in [5.74, 6) is 0.401. The van der Waals surface area contributed by atoms with E-state index in [9.17, 15) is 14.7 Å². The van der Waals surface area contributed by atoms with Crippen molar-refractivity contribution in [1.82, 2.24) is 9.80 Å². The second-order valence-corrected chi connectivity index (χ2v) is 6.92. The SMILES string of the molecule is COc1cccc(C2CCCCN2C(=O)N=NC(=O)N2CCCCC2)c1O. The Hall–Kier alpha value is -2.64. The Kier molecular flexibility index (Phi) is 6.26. The van der Waals surface area contributed by atoms with Gasteiger partial charge in [-0.2, -0.15) is 0 Å². The third-order valence-electron chi connectivity index (χ3n) is 5.21. The van der Waals surface area contributed by atoms with E-state index in [1.807, 2.05) is 0 Å². The fourth-order valence-electron chi connectivity index (χ4n) is 3.75. The van der Waals surface area contributed by atoms with Crippen LogP contribution in [-0.4, -0.2) is 53.7 Å². The number of ether oxygens (including phenoxy) is 1. The first-order chi connectivity index (χ1) is 13.1. The van der Waals surface area contributed by atoms with E-state index in [1.54, 1.807) is 28.0 Å². The van der Waals surface area contributed by atoms with E-state index in [4.69, 9.17) is 4.74 Å². The molecular weight excluding hydrogens is 348 g/mol. The number of methoxy groups -OCH3 is 1. The summed E-state index contributed by atoms with van der Waals surface area (Å²) in [4.78, 5) is 27.9. The number of nitrogens with zero attached hydrogens (tertiary/aromatic N) is 4. The molecule has 2 aliphatic heterocycles. The van der Waals surface area contributed by atoms with Gasteiger partial charge < -0.3 is 19.6 Å². The first-order valence-corrected chi connectivity index (χ1v) is 9.49. The molecule has 0 aliphatic carbocycles. The van der Waals surface area contributed by atoms with Crippen LogP contribution in [0.4, 0.5) is 9.59 Å². The van der Waals surface area contributed by atoms with Crippen molar-refractivity contribution in [1.29, 1.82) is 0 Å². The molecule has 1 aromatic carbocycles. The Balaban J connectivity index is 1.74. The minimum atomic E-state index is -0.549. The van der Waals surface area contributed by atoms with E-state index in [1.165, 1.54) is 7.11 Å². The van der Waals surface area contributed by atoms with Crippen molar-refractivity contribution in [2.24, 2.45) is 10.2 Å². The lowest BCUT2D eigenvalue weighted by Crippen LogP contribution is -2.37. The smallest absolute Gasteiger partial charge is 0.362 e. The summed E-state index contributed by atoms with van der Waals surface area (Å²) in [6, 6.07) is 3.92. The number of phenols is 1. The van der Waals surface area contributed by atoms with Crippen molar-refractivity contribution in [3.05, 3.63) is 23.8 Å². The molecule has 1 unspecified atom stereocenters. The minimum absolute atomic E-state index is 0.0334. The predicted molar refractivity (Wildman–Crippen MR) is 99.0 cm³/mol. The molecule has 2 aliphatic rings. The van der Waals surface area contributed by atoms with E-state index in [2.05, 4.69) is 10.2 Å². The van der Waals surface area contributed by atoms with Gasteiger partial charge in [-0.3, -0.25) is 0 Å². The van der Waals surface area contributed by atoms with Crippen molar-refractivity contribution in [2.45, 2.75) is 44.6 Å². The van der Waals surface area contributed by atoms with Crippen molar-refractivity contribution >= 4 is 12.1 Å². The Morgan fingerprint density at radius 2 is 1.74 bits per heavy atom. The average molecular weight is 374 g/mol. The van der Waals surface area contributed by atoms with Gasteiger partial charge in [0.2, 0.25) is 0 Å². The van der Waals surface area contributed by atoms with Gasteiger partial charge in [0.15, 0.2) is 11.5 Å². The molecule has 1 N–H and O–H groups in total. The van der Waals surface area contributed by atoms with Gasteiger partial charge in [-0.15, -0.1) is 0 Å². The summed E-state index contributed by atoms with van der Waals surface area (Å²) in [5.41, 5.74) is 0.625. The molecule has 1 aromatic rings. The first-order valence-electron chi connectivity index (χ1n) is 9.49. The summed E-state index contributed by atoms with van der Waals surface area (Å²) < 4.78 is 5.17. The monoisotopic (exact) mass is 374 g/mol. The third-order valence-corrected chi connectivity index (χ3v) is 5.21. The van der Waals surface area contributed by atoms with Gasteiger partial charge in [-0.1, -0.05) is 22.4 Å². The standard InChI is InChI=1S/C19H26N4O4/c1-27-16-10-7-8-14(17(16)24)15-9-3-6-13-23(15)19(26)21-20-18(25)22-11-4-2-5-12-22/h7-8,10,15,24H,2-6,9,11-13H2,1H3. The van der Waals surface area contributed by atoms with E-state index in [0.29, 0.717) is 37.4 Å². The van der Waals surface area contributed by atoms with E-state index >= 15 is 0 Å². The van der Waals surface area contributed by atoms with Crippen LogP contribution in [0.3, 0.4) is 0 Å². The molecule has 0 radical (unpaired) electrons. The van der Waals surface area contributed by atoms with Crippen LogP contribution in [0.5, 0.6) is 11.5 Å². The van der Waals surface area contributed by atoms with Crippen LogP contribution in [0, 0.1) is 0 Å². The van der Waals surface area contributed by atoms with Crippen LogP contribution >= 0.6 is 0 Å². The number of amides is 4. The van der Waals surface area contributed by atoms with Crippen LogP contribution in [0.1, 0.15) is 50.1 Å².